The maximum atomic E-state index is 14.5. The third-order valence-corrected chi connectivity index (χ3v) is 12.5. The van der Waals surface area contributed by atoms with Gasteiger partial charge in [-0.2, -0.15) is 11.8 Å². The number of primary amides is 3. The summed E-state index contributed by atoms with van der Waals surface area (Å²) in [6.07, 6.45) is -3.45. The van der Waals surface area contributed by atoms with Crippen LogP contribution in [0.1, 0.15) is 93.8 Å². The zero-order valence-corrected chi connectivity index (χ0v) is 40.5. The van der Waals surface area contributed by atoms with Crippen molar-refractivity contribution in [1.29, 1.82) is 0 Å². The number of nitrogens with one attached hydrogen (secondary N) is 7. The summed E-state index contributed by atoms with van der Waals surface area (Å²) in [5.41, 5.74) is 16.1. The standard InChI is InChI=1S/C45H69N11O12S/c1-6-25(4)38-44(66)51-28(15-16-34(46)57)40(62)52-31(21-35(47)58)41(63)54-32(23-69-18-8-10-37(60)50-30(42(64)55-38)20-26-11-13-27(68-5)14-12-26)45(67)56-17-7-9-33(56)43(65)53-29(19-24(2)3)39(61)49-22-36(48)59/h11-14,24-25,28-33,38H,6-10,15-23H2,1-5H3,(H2,46,57)(H2,47,58)(H2,48,59)(H,49,61)(H,50,60)(H,51,66)(H,52,62)(H,53,65)(H,54,63)(H,55,64)/t25?,28-,29?,30-,31-,32-,33-,38-/m0/s1/i20D2. The fourth-order valence-corrected chi connectivity index (χ4v) is 8.42. The van der Waals surface area contributed by atoms with Crippen LogP contribution in [-0.2, 0) is 59.1 Å². The van der Waals surface area contributed by atoms with Crippen molar-refractivity contribution in [1.82, 2.24) is 42.1 Å². The molecule has 382 valence electrons. The van der Waals surface area contributed by atoms with E-state index in [1.165, 1.54) is 36.3 Å². The summed E-state index contributed by atoms with van der Waals surface area (Å²) >= 11 is 1.11. The Morgan fingerprint density at radius 3 is 2.10 bits per heavy atom. The Kier molecular flexibility index (Phi) is 21.8. The van der Waals surface area contributed by atoms with Gasteiger partial charge in [0.25, 0.3) is 0 Å². The average molecular weight is 990 g/mol. The van der Waals surface area contributed by atoms with Crippen molar-refractivity contribution in [2.75, 3.05) is 31.7 Å². The zero-order chi connectivity index (χ0) is 53.2. The fraction of sp³-hybridized carbons (Fsp3) is 0.622. The highest BCUT2D eigenvalue weighted by Gasteiger charge is 2.40. The van der Waals surface area contributed by atoms with Gasteiger partial charge in [0.05, 0.1) is 20.1 Å². The minimum atomic E-state index is -2.59. The number of nitrogens with two attached hydrogens (primary N) is 3. The molecule has 0 bridgehead atoms. The third kappa shape index (κ3) is 18.9. The van der Waals surface area contributed by atoms with Crippen LogP contribution in [0.2, 0.25) is 0 Å². The van der Waals surface area contributed by atoms with Gasteiger partial charge in [-0.05, 0) is 67.4 Å². The second-order valence-corrected chi connectivity index (χ2v) is 18.5. The smallest absolute Gasteiger partial charge is 0.246 e. The van der Waals surface area contributed by atoms with Crippen molar-refractivity contribution in [3.63, 3.8) is 0 Å². The molecule has 2 aliphatic rings. The monoisotopic (exact) mass is 989 g/mol. The van der Waals surface area contributed by atoms with Crippen LogP contribution in [0.3, 0.4) is 0 Å². The molecule has 69 heavy (non-hydrogen) atoms. The summed E-state index contributed by atoms with van der Waals surface area (Å²) < 4.78 is 23.4. The Morgan fingerprint density at radius 2 is 1.49 bits per heavy atom. The summed E-state index contributed by atoms with van der Waals surface area (Å²) in [6, 6.07) is -4.74. The van der Waals surface area contributed by atoms with Gasteiger partial charge in [0.15, 0.2) is 0 Å². The van der Waals surface area contributed by atoms with Gasteiger partial charge in [-0.15, -0.1) is 0 Å². The van der Waals surface area contributed by atoms with Gasteiger partial charge in [0, 0.05) is 34.3 Å². The average Bonchev–Trinajstić information content (AvgIpc) is 3.81. The molecule has 0 saturated carbocycles. The van der Waals surface area contributed by atoms with Gasteiger partial charge >= 0.3 is 0 Å². The molecule has 1 aromatic rings. The third-order valence-electron chi connectivity index (χ3n) is 11.3. The van der Waals surface area contributed by atoms with Gasteiger partial charge in [0.1, 0.15) is 48.0 Å². The van der Waals surface area contributed by atoms with E-state index in [4.69, 9.17) is 24.7 Å². The lowest BCUT2D eigenvalue weighted by Gasteiger charge is -2.31. The molecule has 13 N–H and O–H groups in total. The van der Waals surface area contributed by atoms with Gasteiger partial charge in [0.2, 0.25) is 65.0 Å². The molecule has 2 unspecified atom stereocenters. The first-order valence-corrected chi connectivity index (χ1v) is 24.0. The Bertz CT molecular complexity index is 2120. The lowest BCUT2D eigenvalue weighted by molar-refractivity contribution is -0.142. The number of hydrogen-bond acceptors (Lipinski definition) is 13. The number of methoxy groups -OCH3 is 1. The highest BCUT2D eigenvalue weighted by Crippen LogP contribution is 2.22. The van der Waals surface area contributed by atoms with Gasteiger partial charge in [-0.3, -0.25) is 52.7 Å². The molecule has 0 aliphatic carbocycles. The Morgan fingerprint density at radius 1 is 0.841 bits per heavy atom. The maximum absolute atomic E-state index is 14.5. The first-order chi connectivity index (χ1) is 33.4. The molecule has 3 rings (SSSR count). The quantitative estimate of drug-likeness (QED) is 0.0728. The molecule has 11 amide bonds. The molecule has 2 saturated heterocycles. The first kappa shape index (κ1) is 53.5. The number of thioether (sulfide) groups is 1. The van der Waals surface area contributed by atoms with Crippen LogP contribution in [0, 0.1) is 11.8 Å². The number of nitrogens with zero attached hydrogens (tertiary/aromatic N) is 1. The largest absolute Gasteiger partial charge is 0.497 e. The summed E-state index contributed by atoms with van der Waals surface area (Å²) in [5.74, 6) is -10.2. The van der Waals surface area contributed by atoms with Crippen molar-refractivity contribution in [3.05, 3.63) is 29.8 Å². The number of rotatable bonds is 18. The number of carbonyl (C=O) groups is 11. The Balaban J connectivity index is 2.07. The van der Waals surface area contributed by atoms with E-state index < -0.39 is 145 Å². The van der Waals surface area contributed by atoms with Gasteiger partial charge in [-0.1, -0.05) is 46.2 Å². The van der Waals surface area contributed by atoms with E-state index in [1.54, 1.807) is 13.8 Å². The SMILES string of the molecule is [2H]C([2H])(c1ccc(OC)cc1)[C@@H]1NC(=O)CCCSC[C@@H](C(=O)N2CCC[C@H]2C(=O)NC(CC(C)C)C(=O)NCC(N)=O)NC(=O)[C@H](CC(N)=O)NC(=O)[C@H](CCC(N)=O)NC(=O)[C@H](C(C)CC)NC1=O. The summed E-state index contributed by atoms with van der Waals surface area (Å²) in [6.45, 7) is 6.51. The van der Waals surface area contributed by atoms with Gasteiger partial charge in [-0.25, -0.2) is 0 Å². The normalized spacial score (nSPS) is 23.8. The number of carbonyl (C=O) groups excluding carboxylic acids is 11. The van der Waals surface area contributed by atoms with Crippen molar-refractivity contribution in [2.45, 2.75) is 134 Å². The van der Waals surface area contributed by atoms with E-state index in [0.29, 0.717) is 12.2 Å². The van der Waals surface area contributed by atoms with Crippen molar-refractivity contribution < 1.29 is 60.2 Å². The minimum absolute atomic E-state index is 0.0152. The minimum Gasteiger partial charge on any atom is -0.497 e. The highest BCUT2D eigenvalue weighted by atomic mass is 32.2. The van der Waals surface area contributed by atoms with E-state index in [2.05, 4.69) is 37.2 Å². The van der Waals surface area contributed by atoms with E-state index in [1.807, 2.05) is 13.8 Å². The molecule has 2 aliphatic heterocycles. The molecule has 2 fully saturated rings. The lowest BCUT2D eigenvalue weighted by atomic mass is 9.96. The van der Waals surface area contributed by atoms with Crippen LogP contribution in [0.5, 0.6) is 5.75 Å². The molecule has 8 atom stereocenters. The van der Waals surface area contributed by atoms with E-state index >= 15 is 0 Å². The second-order valence-electron chi connectivity index (χ2n) is 17.3. The zero-order valence-electron chi connectivity index (χ0n) is 41.7. The molecule has 2 heterocycles. The molecule has 0 spiro atoms. The molecule has 1 aromatic carbocycles. The summed E-state index contributed by atoms with van der Waals surface area (Å²) in [7, 11) is 1.41. The van der Waals surface area contributed by atoms with Crippen LogP contribution in [-0.4, -0.2) is 144 Å². The van der Waals surface area contributed by atoms with Crippen LogP contribution in [0.15, 0.2) is 24.3 Å². The van der Waals surface area contributed by atoms with Crippen LogP contribution in [0.25, 0.3) is 0 Å². The number of benzene rings is 1. The number of likely N-dealkylation sites (tertiary alicyclic amines) is 1. The van der Waals surface area contributed by atoms with Crippen LogP contribution >= 0.6 is 11.8 Å². The fourth-order valence-electron chi connectivity index (χ4n) is 7.45. The van der Waals surface area contributed by atoms with Crippen molar-refractivity contribution in [2.24, 2.45) is 29.0 Å². The topological polar surface area (TPSA) is 363 Å². The Hall–Kier alpha value is -6.46. The van der Waals surface area contributed by atoms with Crippen molar-refractivity contribution in [3.8, 4) is 5.75 Å². The number of amides is 11. The predicted molar refractivity (Wildman–Crippen MR) is 253 cm³/mol. The van der Waals surface area contributed by atoms with E-state index in [-0.39, 0.29) is 61.6 Å². The summed E-state index contributed by atoms with van der Waals surface area (Å²) in [4.78, 5) is 148. The van der Waals surface area contributed by atoms with Crippen LogP contribution < -0.4 is 59.2 Å². The molecular weight excluding hydrogens is 919 g/mol. The molecule has 23 nitrogen and oxygen atoms in total. The molecular formula is C45H69N11O12S. The molecule has 0 radical (unpaired) electrons. The lowest BCUT2D eigenvalue weighted by Crippen LogP contribution is -2.61. The predicted octanol–water partition coefficient (Wildman–Crippen LogP) is -2.50. The summed E-state index contributed by atoms with van der Waals surface area (Å²) in [5, 5.41) is 17.5. The van der Waals surface area contributed by atoms with Crippen LogP contribution in [0.4, 0.5) is 0 Å². The van der Waals surface area contributed by atoms with Crippen molar-refractivity contribution >= 4 is 76.7 Å². The molecule has 0 aromatic heterocycles. The first-order valence-electron chi connectivity index (χ1n) is 23.9. The van der Waals surface area contributed by atoms with E-state index in [9.17, 15) is 52.7 Å². The Labute approximate surface area is 408 Å². The maximum Gasteiger partial charge on any atom is 0.246 e. The highest BCUT2D eigenvalue weighted by molar-refractivity contribution is 7.99. The number of ether oxygens (including phenoxy) is 1. The number of hydrogen-bond donors (Lipinski definition) is 10. The molecule has 24 heteroatoms. The second kappa shape index (κ2) is 28.1. The van der Waals surface area contributed by atoms with Gasteiger partial charge < -0.3 is 64.1 Å². The van der Waals surface area contributed by atoms with E-state index in [0.717, 1.165) is 11.8 Å².